The molecule has 3 N–H and O–H groups in total. The first-order valence-electron chi connectivity index (χ1n) is 5.76. The Labute approximate surface area is 103 Å². The van der Waals surface area contributed by atoms with E-state index in [4.69, 9.17) is 5.84 Å². The molecule has 18 heavy (non-hydrogen) atoms. The number of amides is 2. The number of fused-ring (bicyclic) bond motifs is 1. The van der Waals surface area contributed by atoms with E-state index in [2.05, 4.69) is 15.4 Å². The summed E-state index contributed by atoms with van der Waals surface area (Å²) in [5.74, 6) is 5.81. The Morgan fingerprint density at radius 3 is 2.67 bits per heavy atom. The number of hydrazine groups is 1. The second kappa shape index (κ2) is 3.74. The van der Waals surface area contributed by atoms with E-state index >= 15 is 0 Å². The SMILES string of the molecule is Cc1cc(NN)nc(CN2C(=O)C3CC3C2=O)n1. The predicted molar refractivity (Wildman–Crippen MR) is 61.7 cm³/mol. The highest BCUT2D eigenvalue weighted by Gasteiger charge is 2.58. The van der Waals surface area contributed by atoms with Gasteiger partial charge in [-0.3, -0.25) is 14.5 Å². The number of carbonyl (C=O) groups excluding carboxylic acids is 2. The maximum absolute atomic E-state index is 11.8. The summed E-state index contributed by atoms with van der Waals surface area (Å²) in [4.78, 5) is 33.2. The smallest absolute Gasteiger partial charge is 0.233 e. The molecule has 1 aliphatic carbocycles. The zero-order chi connectivity index (χ0) is 12.9. The van der Waals surface area contributed by atoms with Gasteiger partial charge >= 0.3 is 0 Å². The van der Waals surface area contributed by atoms with Crippen molar-refractivity contribution in [2.24, 2.45) is 17.7 Å². The fourth-order valence-electron chi connectivity index (χ4n) is 2.32. The summed E-state index contributed by atoms with van der Waals surface area (Å²) < 4.78 is 0. The summed E-state index contributed by atoms with van der Waals surface area (Å²) in [5, 5.41) is 0. The standard InChI is InChI=1S/C11H13N5O2/c1-5-2-8(15-12)14-9(13-5)4-16-10(17)6-3-7(6)11(16)18/h2,6-7H,3-4,12H2,1H3,(H,13,14,15). The van der Waals surface area contributed by atoms with Crippen LogP contribution in [0.1, 0.15) is 17.9 Å². The number of piperidine rings is 1. The molecule has 7 heteroatoms. The lowest BCUT2D eigenvalue weighted by molar-refractivity contribution is -0.142. The molecule has 3 rings (SSSR count). The van der Waals surface area contributed by atoms with Crippen molar-refractivity contribution in [3.63, 3.8) is 0 Å². The average Bonchev–Trinajstić information content (AvgIpc) is 3.09. The molecule has 0 spiro atoms. The summed E-state index contributed by atoms with van der Waals surface area (Å²) in [6.45, 7) is 1.93. The molecule has 1 saturated carbocycles. The first-order chi connectivity index (χ1) is 8.60. The third kappa shape index (κ3) is 1.63. The largest absolute Gasteiger partial charge is 0.308 e. The molecule has 7 nitrogen and oxygen atoms in total. The van der Waals surface area contributed by atoms with Gasteiger partial charge in [0.2, 0.25) is 11.8 Å². The number of rotatable bonds is 3. The molecule has 1 aromatic heterocycles. The van der Waals surface area contributed by atoms with Gasteiger partial charge in [-0.15, -0.1) is 0 Å². The fraction of sp³-hybridized carbons (Fsp3) is 0.455. The molecular weight excluding hydrogens is 234 g/mol. The lowest BCUT2D eigenvalue weighted by Gasteiger charge is -2.15. The minimum absolute atomic E-state index is 0.0885. The van der Waals surface area contributed by atoms with Crippen molar-refractivity contribution in [2.75, 3.05) is 5.43 Å². The number of nitrogens with one attached hydrogen (secondary N) is 1. The number of hydrogen-bond acceptors (Lipinski definition) is 6. The molecule has 1 aromatic rings. The van der Waals surface area contributed by atoms with E-state index in [0.29, 0.717) is 18.1 Å². The van der Waals surface area contributed by atoms with E-state index in [9.17, 15) is 9.59 Å². The van der Waals surface area contributed by atoms with Crippen molar-refractivity contribution in [2.45, 2.75) is 19.9 Å². The van der Waals surface area contributed by atoms with Crippen molar-refractivity contribution in [3.8, 4) is 0 Å². The molecule has 2 unspecified atom stereocenters. The maximum atomic E-state index is 11.8. The zero-order valence-corrected chi connectivity index (χ0v) is 9.88. The van der Waals surface area contributed by atoms with Crippen LogP contribution in [0.15, 0.2) is 6.07 Å². The number of nitrogens with zero attached hydrogens (tertiary/aromatic N) is 3. The number of nitrogens with two attached hydrogens (primary N) is 1. The molecule has 94 valence electrons. The first-order valence-corrected chi connectivity index (χ1v) is 5.76. The maximum Gasteiger partial charge on any atom is 0.233 e. The first kappa shape index (κ1) is 11.1. The van der Waals surface area contributed by atoms with Crippen LogP contribution in [-0.4, -0.2) is 26.7 Å². The van der Waals surface area contributed by atoms with Crippen LogP contribution in [0.4, 0.5) is 5.82 Å². The van der Waals surface area contributed by atoms with Crippen LogP contribution >= 0.6 is 0 Å². The lowest BCUT2D eigenvalue weighted by Crippen LogP contribution is -2.33. The second-order valence-corrected chi connectivity index (χ2v) is 4.67. The van der Waals surface area contributed by atoms with Gasteiger partial charge in [-0.1, -0.05) is 0 Å². The summed E-state index contributed by atoms with van der Waals surface area (Å²) in [7, 11) is 0. The van der Waals surface area contributed by atoms with Crippen molar-refractivity contribution in [3.05, 3.63) is 17.6 Å². The van der Waals surface area contributed by atoms with Gasteiger partial charge in [0.05, 0.1) is 18.4 Å². The Hall–Kier alpha value is -2.02. The fourth-order valence-corrected chi connectivity index (χ4v) is 2.32. The minimum Gasteiger partial charge on any atom is -0.308 e. The Balaban J connectivity index is 1.82. The van der Waals surface area contributed by atoms with Crippen LogP contribution in [0.25, 0.3) is 0 Å². The number of aromatic nitrogens is 2. The highest BCUT2D eigenvalue weighted by atomic mass is 16.2. The van der Waals surface area contributed by atoms with Gasteiger partial charge in [-0.25, -0.2) is 15.8 Å². The van der Waals surface area contributed by atoms with Gasteiger partial charge in [0.25, 0.3) is 0 Å². The number of hydrogen-bond donors (Lipinski definition) is 2. The normalized spacial score (nSPS) is 25.3. The van der Waals surface area contributed by atoms with E-state index in [1.165, 1.54) is 4.90 Å². The van der Waals surface area contributed by atoms with E-state index in [1.807, 2.05) is 0 Å². The van der Waals surface area contributed by atoms with Gasteiger partial charge in [0.15, 0.2) is 5.82 Å². The Bertz CT molecular complexity index is 524. The predicted octanol–water partition coefficient (Wildman–Crippen LogP) is -0.424. The Kier molecular flexibility index (Phi) is 2.30. The monoisotopic (exact) mass is 247 g/mol. The van der Waals surface area contributed by atoms with Gasteiger partial charge < -0.3 is 5.43 Å². The number of likely N-dealkylation sites (tertiary alicyclic amines) is 1. The molecule has 1 aliphatic heterocycles. The molecular formula is C11H13N5O2. The third-order valence-corrected chi connectivity index (χ3v) is 3.30. The van der Waals surface area contributed by atoms with Gasteiger partial charge in [0.1, 0.15) is 5.82 Å². The topological polar surface area (TPSA) is 101 Å². The van der Waals surface area contributed by atoms with Crippen LogP contribution in [0, 0.1) is 18.8 Å². The highest BCUT2D eigenvalue weighted by Crippen LogP contribution is 2.47. The van der Waals surface area contributed by atoms with Crippen LogP contribution in [0.3, 0.4) is 0 Å². The lowest BCUT2D eigenvalue weighted by atomic mass is 10.3. The van der Waals surface area contributed by atoms with Gasteiger partial charge in [-0.2, -0.15) is 0 Å². The number of carbonyl (C=O) groups is 2. The number of aryl methyl sites for hydroxylation is 1. The summed E-state index contributed by atoms with van der Waals surface area (Å²) >= 11 is 0. The van der Waals surface area contributed by atoms with Crippen LogP contribution < -0.4 is 11.3 Å². The van der Waals surface area contributed by atoms with Gasteiger partial charge in [0, 0.05) is 11.8 Å². The molecule has 2 fully saturated rings. The summed E-state index contributed by atoms with van der Waals surface area (Å²) in [5.41, 5.74) is 3.17. The summed E-state index contributed by atoms with van der Waals surface area (Å²) in [6.07, 6.45) is 0.707. The van der Waals surface area contributed by atoms with Crippen molar-refractivity contribution in [1.82, 2.24) is 14.9 Å². The average molecular weight is 247 g/mol. The zero-order valence-electron chi connectivity index (χ0n) is 9.88. The Morgan fingerprint density at radius 1 is 1.39 bits per heavy atom. The number of nitrogen functional groups attached to an aromatic ring is 1. The highest BCUT2D eigenvalue weighted by molar-refractivity contribution is 6.08. The van der Waals surface area contributed by atoms with Crippen molar-refractivity contribution < 1.29 is 9.59 Å². The van der Waals surface area contributed by atoms with E-state index in [0.717, 1.165) is 5.69 Å². The summed E-state index contributed by atoms with van der Waals surface area (Å²) in [6, 6.07) is 1.69. The van der Waals surface area contributed by atoms with E-state index < -0.39 is 0 Å². The van der Waals surface area contributed by atoms with E-state index in [1.54, 1.807) is 13.0 Å². The Morgan fingerprint density at radius 2 is 2.06 bits per heavy atom. The van der Waals surface area contributed by atoms with Crippen LogP contribution in [0.2, 0.25) is 0 Å². The molecule has 2 heterocycles. The molecule has 0 aromatic carbocycles. The van der Waals surface area contributed by atoms with E-state index in [-0.39, 0.29) is 30.2 Å². The van der Waals surface area contributed by atoms with Crippen molar-refractivity contribution >= 4 is 17.6 Å². The molecule has 0 radical (unpaired) electrons. The molecule has 0 bridgehead atoms. The van der Waals surface area contributed by atoms with Gasteiger partial charge in [-0.05, 0) is 13.3 Å². The number of anilines is 1. The van der Waals surface area contributed by atoms with Crippen molar-refractivity contribution in [1.29, 1.82) is 0 Å². The second-order valence-electron chi connectivity index (χ2n) is 4.67. The minimum atomic E-state index is -0.0997. The van der Waals surface area contributed by atoms with Crippen LogP contribution in [0.5, 0.6) is 0 Å². The number of imide groups is 1. The molecule has 2 aliphatic rings. The quantitative estimate of drug-likeness (QED) is 0.427. The molecule has 2 amide bonds. The molecule has 1 saturated heterocycles. The van der Waals surface area contributed by atoms with Crippen LogP contribution in [-0.2, 0) is 16.1 Å². The molecule has 2 atom stereocenters. The third-order valence-electron chi connectivity index (χ3n) is 3.30.